The van der Waals surface area contributed by atoms with E-state index in [2.05, 4.69) is 0 Å². The predicted molar refractivity (Wildman–Crippen MR) is 69.2 cm³/mol. The molecule has 0 heterocycles. The largest absolute Gasteiger partial charge is 0.460 e. The average Bonchev–Trinajstić information content (AvgIpc) is 1.99. The number of hydrogen-bond donors (Lipinski definition) is 0. The topological polar surface area (TPSA) is 52.6 Å². The van der Waals surface area contributed by atoms with Gasteiger partial charge in [0.1, 0.15) is 10.2 Å². The van der Waals surface area contributed by atoms with Crippen LogP contribution in [0.1, 0.15) is 41.0 Å². The maximum atomic E-state index is 11.6. The van der Waals surface area contributed by atoms with Crippen LogP contribution in [0.25, 0.3) is 0 Å². The summed E-state index contributed by atoms with van der Waals surface area (Å²) in [6.45, 7) is 8.72. The molecule has 0 aromatic heterocycles. The van der Waals surface area contributed by atoms with Crippen LogP contribution in [0.4, 0.5) is 0 Å². The van der Waals surface area contributed by atoms with Crippen molar-refractivity contribution in [3.05, 3.63) is 0 Å². The molecule has 0 bridgehead atoms. The zero-order valence-electron chi connectivity index (χ0n) is 10.4. The van der Waals surface area contributed by atoms with E-state index in [9.17, 15) is 9.59 Å². The maximum absolute atomic E-state index is 11.6. The molecular weight excluding hydrogens is 323 g/mol. The second-order valence-corrected chi connectivity index (χ2v) is 5.81. The van der Waals surface area contributed by atoms with Crippen molar-refractivity contribution in [1.82, 2.24) is 0 Å². The van der Waals surface area contributed by atoms with E-state index in [0.717, 1.165) is 0 Å². The van der Waals surface area contributed by atoms with Crippen LogP contribution < -0.4 is 0 Å². The first-order valence-corrected chi connectivity index (χ1v) is 6.56. The first-order valence-electron chi connectivity index (χ1n) is 5.03. The summed E-state index contributed by atoms with van der Waals surface area (Å²) in [5, 5.41) is 0. The molecule has 0 amide bonds. The third-order valence-electron chi connectivity index (χ3n) is 1.74. The van der Waals surface area contributed by atoms with Crippen LogP contribution in [0, 0.1) is 5.41 Å². The number of halogens is 1. The van der Waals surface area contributed by atoms with Crippen LogP contribution in [0.3, 0.4) is 0 Å². The van der Waals surface area contributed by atoms with Gasteiger partial charge in [-0.05, 0) is 57.2 Å². The monoisotopic (exact) mass is 342 g/mol. The number of hydrogen-bond acceptors (Lipinski definition) is 4. The Morgan fingerprint density at radius 1 is 1.12 bits per heavy atom. The summed E-state index contributed by atoms with van der Waals surface area (Å²) in [5.41, 5.74) is -1.37. The van der Waals surface area contributed by atoms with Crippen molar-refractivity contribution >= 4 is 34.5 Å². The number of carbonyl (C=O) groups is 2. The van der Waals surface area contributed by atoms with Crippen molar-refractivity contribution in [1.29, 1.82) is 0 Å². The summed E-state index contributed by atoms with van der Waals surface area (Å²) in [6, 6.07) is 0. The molecule has 0 aromatic carbocycles. The number of ether oxygens (including phenoxy) is 2. The lowest BCUT2D eigenvalue weighted by Crippen LogP contribution is -2.32. The lowest BCUT2D eigenvalue weighted by molar-refractivity contribution is -0.164. The molecule has 0 aromatic rings. The quantitative estimate of drug-likeness (QED) is 0.448. The van der Waals surface area contributed by atoms with E-state index >= 15 is 0 Å². The molecule has 0 aliphatic heterocycles. The maximum Gasteiger partial charge on any atom is 0.312 e. The van der Waals surface area contributed by atoms with Crippen LogP contribution in [-0.4, -0.2) is 22.2 Å². The highest BCUT2D eigenvalue weighted by Gasteiger charge is 2.33. The Morgan fingerprint density at radius 2 is 1.62 bits per heavy atom. The third kappa shape index (κ3) is 6.30. The van der Waals surface area contributed by atoms with Gasteiger partial charge in [0.25, 0.3) is 0 Å². The van der Waals surface area contributed by atoms with Crippen molar-refractivity contribution in [2.24, 2.45) is 5.41 Å². The molecule has 4 nitrogen and oxygen atoms in total. The Balaban J connectivity index is 4.36. The van der Waals surface area contributed by atoms with E-state index in [-0.39, 0.29) is 23.0 Å². The number of alkyl halides is 1. The van der Waals surface area contributed by atoms with E-state index in [1.54, 1.807) is 34.6 Å². The fourth-order valence-corrected chi connectivity index (χ4v) is 1.34. The molecule has 0 aliphatic carbocycles. The molecule has 0 saturated carbocycles. The van der Waals surface area contributed by atoms with Gasteiger partial charge in [0.05, 0.1) is 11.8 Å². The molecule has 0 unspecified atom stereocenters. The van der Waals surface area contributed by atoms with E-state index in [1.807, 2.05) is 22.6 Å². The van der Waals surface area contributed by atoms with E-state index in [4.69, 9.17) is 9.47 Å². The van der Waals surface area contributed by atoms with Gasteiger partial charge in [-0.25, -0.2) is 0 Å². The molecule has 94 valence electrons. The number of carbonyl (C=O) groups excluding carboxylic acids is 2. The Bertz CT molecular complexity index is 266. The minimum atomic E-state index is -0.840. The van der Waals surface area contributed by atoms with Crippen LogP contribution in [0.5, 0.6) is 0 Å². The van der Waals surface area contributed by atoms with Crippen molar-refractivity contribution in [2.75, 3.05) is 4.61 Å². The molecule has 0 atom stereocenters. The smallest absolute Gasteiger partial charge is 0.312 e. The summed E-state index contributed by atoms with van der Waals surface area (Å²) in [4.78, 5) is 23.1. The van der Waals surface area contributed by atoms with Crippen LogP contribution in [0.15, 0.2) is 0 Å². The lowest BCUT2D eigenvalue weighted by Gasteiger charge is -2.24. The van der Waals surface area contributed by atoms with E-state index in [1.165, 1.54) is 0 Å². The van der Waals surface area contributed by atoms with Crippen LogP contribution in [0.2, 0.25) is 0 Å². The van der Waals surface area contributed by atoms with Gasteiger partial charge in [-0.2, -0.15) is 0 Å². The van der Waals surface area contributed by atoms with Gasteiger partial charge < -0.3 is 9.47 Å². The van der Waals surface area contributed by atoms with Gasteiger partial charge in [-0.3, -0.25) is 9.59 Å². The highest BCUT2D eigenvalue weighted by Crippen LogP contribution is 2.24. The Hall–Kier alpha value is -0.330. The first-order chi connectivity index (χ1) is 7.08. The zero-order valence-corrected chi connectivity index (χ0v) is 12.6. The number of esters is 2. The molecule has 0 radical (unpaired) electrons. The normalized spacial score (nSPS) is 12.1. The molecule has 0 N–H and O–H groups in total. The lowest BCUT2D eigenvalue weighted by atomic mass is 9.89. The highest BCUT2D eigenvalue weighted by atomic mass is 127. The van der Waals surface area contributed by atoms with Gasteiger partial charge in [0.15, 0.2) is 0 Å². The van der Waals surface area contributed by atoms with Crippen LogP contribution in [-0.2, 0) is 19.1 Å². The molecular formula is C11H19IO4. The Labute approximate surface area is 110 Å². The summed E-state index contributed by atoms with van der Waals surface area (Å²) in [7, 11) is 0. The van der Waals surface area contributed by atoms with Crippen molar-refractivity contribution in [3.63, 3.8) is 0 Å². The van der Waals surface area contributed by atoms with Gasteiger partial charge in [-0.1, -0.05) is 0 Å². The summed E-state index contributed by atoms with van der Waals surface area (Å²) in [6.07, 6.45) is 0.0275. The summed E-state index contributed by atoms with van der Waals surface area (Å²) < 4.78 is 10.3. The van der Waals surface area contributed by atoms with Gasteiger partial charge in [0.2, 0.25) is 0 Å². The Kier molecular flexibility index (Phi) is 5.72. The fraction of sp³-hybridized carbons (Fsp3) is 0.818. The van der Waals surface area contributed by atoms with Crippen LogP contribution >= 0.6 is 22.6 Å². The van der Waals surface area contributed by atoms with Crippen molar-refractivity contribution < 1.29 is 19.1 Å². The van der Waals surface area contributed by atoms with E-state index in [0.29, 0.717) is 0 Å². The Morgan fingerprint density at radius 3 is 2.00 bits per heavy atom. The third-order valence-corrected chi connectivity index (χ3v) is 2.06. The summed E-state index contributed by atoms with van der Waals surface area (Å²) in [5.74, 6) is -0.768. The highest BCUT2D eigenvalue weighted by molar-refractivity contribution is 14.1. The molecule has 16 heavy (non-hydrogen) atoms. The molecule has 0 fully saturated rings. The molecule has 0 rings (SSSR count). The minimum absolute atomic E-state index is 0.0275. The summed E-state index contributed by atoms with van der Waals surface area (Å²) >= 11 is 1.94. The van der Waals surface area contributed by atoms with Gasteiger partial charge in [-0.15, -0.1) is 0 Å². The second-order valence-electron chi connectivity index (χ2n) is 5.19. The van der Waals surface area contributed by atoms with E-state index < -0.39 is 11.0 Å². The first kappa shape index (κ1) is 15.7. The minimum Gasteiger partial charge on any atom is -0.460 e. The molecule has 0 spiro atoms. The second kappa shape index (κ2) is 5.84. The molecule has 0 saturated heterocycles. The fourth-order valence-electron chi connectivity index (χ4n) is 1.06. The predicted octanol–water partition coefficient (Wildman–Crippen LogP) is 2.68. The van der Waals surface area contributed by atoms with Gasteiger partial charge in [0, 0.05) is 0 Å². The standard InChI is InChI=1S/C11H19IO4/c1-10(2,3)16-8(13)6-11(4,5)9(14)15-7-12/h6-7H2,1-5H3. The van der Waals surface area contributed by atoms with Crippen molar-refractivity contribution in [3.8, 4) is 0 Å². The van der Waals surface area contributed by atoms with Gasteiger partial charge >= 0.3 is 11.9 Å². The zero-order chi connectivity index (χ0) is 13.0. The average molecular weight is 342 g/mol. The molecule has 5 heteroatoms. The molecule has 0 aliphatic rings. The SMILES string of the molecule is CC(C)(C)OC(=O)CC(C)(C)C(=O)OCI. The number of rotatable bonds is 4. The van der Waals surface area contributed by atoms with Crippen molar-refractivity contribution in [2.45, 2.75) is 46.6 Å².